The van der Waals surface area contributed by atoms with Crippen LogP contribution in [0.2, 0.25) is 0 Å². The Balaban J connectivity index is 2.97. The van der Waals surface area contributed by atoms with Crippen LogP contribution in [-0.4, -0.2) is 76.0 Å². The van der Waals surface area contributed by atoms with Gasteiger partial charge in [0, 0.05) is 13.0 Å². The second-order valence-electron chi connectivity index (χ2n) is 7.01. The maximum Gasteiger partial charge on any atom is 0.326 e. The first-order valence-electron chi connectivity index (χ1n) is 9.13. The number of carboxylic acids is 2. The number of nitrogens with zero attached hydrogens (tertiary/aromatic N) is 1. The van der Waals surface area contributed by atoms with Crippen LogP contribution >= 0.6 is 0 Å². The summed E-state index contributed by atoms with van der Waals surface area (Å²) in [5.41, 5.74) is 5.25. The number of hydrogen-bond donors (Lipinski definition) is 5. The highest BCUT2D eigenvalue weighted by molar-refractivity contribution is 5.94. The van der Waals surface area contributed by atoms with E-state index in [-0.39, 0.29) is 31.8 Å². The lowest BCUT2D eigenvalue weighted by molar-refractivity contribution is -0.150. The molecule has 158 valence electrons. The molecule has 1 heterocycles. The van der Waals surface area contributed by atoms with Gasteiger partial charge in [0.2, 0.25) is 17.7 Å². The number of amides is 3. The number of hydrogen-bond acceptors (Lipinski definition) is 6. The zero-order valence-electron chi connectivity index (χ0n) is 16.0. The van der Waals surface area contributed by atoms with E-state index in [0.717, 1.165) is 4.90 Å². The Hall–Kier alpha value is -2.69. The molecule has 0 aromatic carbocycles. The van der Waals surface area contributed by atoms with Gasteiger partial charge in [-0.05, 0) is 25.2 Å². The molecule has 0 spiro atoms. The highest BCUT2D eigenvalue weighted by Crippen LogP contribution is 2.20. The van der Waals surface area contributed by atoms with Gasteiger partial charge in [-0.2, -0.15) is 0 Å². The van der Waals surface area contributed by atoms with Gasteiger partial charge in [-0.3, -0.25) is 19.2 Å². The second kappa shape index (κ2) is 10.6. The summed E-state index contributed by atoms with van der Waals surface area (Å²) >= 11 is 0. The monoisotopic (exact) mass is 400 g/mol. The Morgan fingerprint density at radius 3 is 2.29 bits per heavy atom. The van der Waals surface area contributed by atoms with Crippen LogP contribution in [0.1, 0.15) is 39.5 Å². The van der Waals surface area contributed by atoms with Gasteiger partial charge in [0.15, 0.2) is 0 Å². The van der Waals surface area contributed by atoms with Crippen molar-refractivity contribution in [1.82, 2.24) is 15.5 Å². The van der Waals surface area contributed by atoms with Crippen LogP contribution in [-0.2, 0) is 24.0 Å². The van der Waals surface area contributed by atoms with Gasteiger partial charge in [-0.25, -0.2) is 4.79 Å². The van der Waals surface area contributed by atoms with Gasteiger partial charge in [-0.15, -0.1) is 0 Å². The first-order chi connectivity index (χ1) is 13.1. The summed E-state index contributed by atoms with van der Waals surface area (Å²) in [4.78, 5) is 60.4. The number of likely N-dealkylation sites (tertiary alicyclic amines) is 1. The minimum absolute atomic E-state index is 0.196. The van der Waals surface area contributed by atoms with Gasteiger partial charge >= 0.3 is 11.9 Å². The number of carbonyl (C=O) groups excluding carboxylic acids is 3. The Morgan fingerprint density at radius 1 is 1.14 bits per heavy atom. The predicted octanol–water partition coefficient (Wildman–Crippen LogP) is -1.49. The maximum atomic E-state index is 12.8. The smallest absolute Gasteiger partial charge is 0.326 e. The van der Waals surface area contributed by atoms with Gasteiger partial charge in [0.25, 0.3) is 0 Å². The highest BCUT2D eigenvalue weighted by atomic mass is 16.4. The zero-order chi connectivity index (χ0) is 21.4. The third-order valence-corrected chi connectivity index (χ3v) is 4.53. The molecular weight excluding hydrogens is 372 g/mol. The molecule has 0 aromatic heterocycles. The molecule has 3 unspecified atom stereocenters. The minimum Gasteiger partial charge on any atom is -0.481 e. The van der Waals surface area contributed by atoms with E-state index >= 15 is 0 Å². The Kier molecular flexibility index (Phi) is 8.83. The molecule has 28 heavy (non-hydrogen) atoms. The number of nitrogens with two attached hydrogens (primary N) is 1. The molecule has 0 bridgehead atoms. The molecule has 11 heteroatoms. The number of nitrogens with one attached hydrogen (secondary N) is 2. The fourth-order valence-electron chi connectivity index (χ4n) is 3.04. The topological polar surface area (TPSA) is 179 Å². The van der Waals surface area contributed by atoms with Crippen molar-refractivity contribution in [1.29, 1.82) is 0 Å². The van der Waals surface area contributed by atoms with Crippen LogP contribution in [0.15, 0.2) is 0 Å². The Bertz CT molecular complexity index is 623. The van der Waals surface area contributed by atoms with E-state index in [1.807, 2.05) is 0 Å². The lowest BCUT2D eigenvalue weighted by Gasteiger charge is -2.29. The van der Waals surface area contributed by atoms with Crippen LogP contribution < -0.4 is 16.4 Å². The number of aliphatic carboxylic acids is 2. The molecule has 1 fully saturated rings. The van der Waals surface area contributed by atoms with Gasteiger partial charge in [0.1, 0.15) is 18.1 Å². The van der Waals surface area contributed by atoms with Crippen LogP contribution in [0.3, 0.4) is 0 Å². The van der Waals surface area contributed by atoms with Crippen molar-refractivity contribution >= 4 is 29.7 Å². The molecule has 3 amide bonds. The minimum atomic E-state index is -1.21. The van der Waals surface area contributed by atoms with Crippen molar-refractivity contribution in [2.45, 2.75) is 57.7 Å². The standard InChI is InChI=1S/C17H28N4O7/c1-9(2)14(20-12(22)8-18)15(25)19-10(5-6-13(23)24)16(26)21-7-3-4-11(21)17(27)28/h9-11,14H,3-8,18H2,1-2H3,(H,19,25)(H,20,22)(H,23,24)(H,27,28). The molecule has 1 rings (SSSR count). The molecular formula is C17H28N4O7. The van der Waals surface area contributed by atoms with E-state index in [1.54, 1.807) is 13.8 Å². The average Bonchev–Trinajstić information content (AvgIpc) is 3.11. The fraction of sp³-hybridized carbons (Fsp3) is 0.706. The molecule has 1 aliphatic heterocycles. The lowest BCUT2D eigenvalue weighted by Crippen LogP contribution is -2.57. The van der Waals surface area contributed by atoms with Crippen LogP contribution in [0, 0.1) is 5.92 Å². The quantitative estimate of drug-likeness (QED) is 0.294. The molecule has 1 aliphatic rings. The average molecular weight is 400 g/mol. The summed E-state index contributed by atoms with van der Waals surface area (Å²) in [5, 5.41) is 23.1. The lowest BCUT2D eigenvalue weighted by atomic mass is 10.0. The number of carbonyl (C=O) groups is 5. The van der Waals surface area contributed by atoms with Crippen molar-refractivity contribution in [2.24, 2.45) is 11.7 Å². The SMILES string of the molecule is CC(C)C(NC(=O)CN)C(=O)NC(CCC(=O)O)C(=O)N1CCCC1C(=O)O. The zero-order valence-corrected chi connectivity index (χ0v) is 16.0. The normalized spacial score (nSPS) is 18.4. The van der Waals surface area contributed by atoms with E-state index in [2.05, 4.69) is 10.6 Å². The van der Waals surface area contributed by atoms with Crippen molar-refractivity contribution < 1.29 is 34.2 Å². The Morgan fingerprint density at radius 2 is 1.79 bits per heavy atom. The summed E-state index contributed by atoms with van der Waals surface area (Å²) in [5.74, 6) is -4.47. The van der Waals surface area contributed by atoms with Crippen molar-refractivity contribution in [3.8, 4) is 0 Å². The van der Waals surface area contributed by atoms with Gasteiger partial charge in [0.05, 0.1) is 6.54 Å². The van der Waals surface area contributed by atoms with E-state index < -0.39 is 47.8 Å². The molecule has 6 N–H and O–H groups in total. The van der Waals surface area contributed by atoms with Gasteiger partial charge < -0.3 is 31.5 Å². The Labute approximate surface area is 162 Å². The molecule has 3 atom stereocenters. The molecule has 0 saturated carbocycles. The molecule has 11 nitrogen and oxygen atoms in total. The summed E-state index contributed by atoms with van der Waals surface area (Å²) in [6.07, 6.45) is 0.216. The van der Waals surface area contributed by atoms with Crippen LogP contribution in [0.5, 0.6) is 0 Å². The number of rotatable bonds is 10. The summed E-state index contributed by atoms with van der Waals surface area (Å²) < 4.78 is 0. The van der Waals surface area contributed by atoms with Crippen molar-refractivity contribution in [2.75, 3.05) is 13.1 Å². The van der Waals surface area contributed by atoms with Crippen molar-refractivity contribution in [3.05, 3.63) is 0 Å². The molecule has 0 radical (unpaired) electrons. The van der Waals surface area contributed by atoms with Crippen molar-refractivity contribution in [3.63, 3.8) is 0 Å². The summed E-state index contributed by atoms with van der Waals surface area (Å²) in [6.45, 7) is 3.28. The first kappa shape index (κ1) is 23.3. The fourth-order valence-corrected chi connectivity index (χ4v) is 3.04. The largest absolute Gasteiger partial charge is 0.481 e. The third-order valence-electron chi connectivity index (χ3n) is 4.53. The maximum absolute atomic E-state index is 12.8. The van der Waals surface area contributed by atoms with Crippen LogP contribution in [0.25, 0.3) is 0 Å². The highest BCUT2D eigenvalue weighted by Gasteiger charge is 2.38. The summed E-state index contributed by atoms with van der Waals surface area (Å²) in [6, 6.07) is -3.18. The van der Waals surface area contributed by atoms with Gasteiger partial charge in [-0.1, -0.05) is 13.8 Å². The molecule has 0 aliphatic carbocycles. The predicted molar refractivity (Wildman–Crippen MR) is 97.0 cm³/mol. The number of carboxylic acid groups (broad SMARTS) is 2. The van der Waals surface area contributed by atoms with E-state index in [1.165, 1.54) is 0 Å². The second-order valence-corrected chi connectivity index (χ2v) is 7.01. The third kappa shape index (κ3) is 6.48. The molecule has 0 aromatic rings. The van der Waals surface area contributed by atoms with E-state index in [0.29, 0.717) is 12.8 Å². The van der Waals surface area contributed by atoms with Crippen LogP contribution in [0.4, 0.5) is 0 Å². The molecule has 1 saturated heterocycles. The summed E-state index contributed by atoms with van der Waals surface area (Å²) in [7, 11) is 0. The van der Waals surface area contributed by atoms with E-state index in [9.17, 15) is 29.1 Å². The first-order valence-corrected chi connectivity index (χ1v) is 9.13. The van der Waals surface area contributed by atoms with E-state index in [4.69, 9.17) is 10.8 Å².